The van der Waals surface area contributed by atoms with E-state index in [1.165, 1.54) is 12.0 Å². The number of hydrogen-bond acceptors (Lipinski definition) is 6. The molecule has 0 spiro atoms. The molecule has 3 aliphatic rings. The summed E-state index contributed by atoms with van der Waals surface area (Å²) < 4.78 is 16.3. The summed E-state index contributed by atoms with van der Waals surface area (Å²) in [7, 11) is 7.00. The Morgan fingerprint density at radius 3 is 2.38 bits per heavy atom. The Morgan fingerprint density at radius 1 is 1.09 bits per heavy atom. The molecule has 0 bridgehead atoms. The lowest BCUT2D eigenvalue weighted by Crippen LogP contribution is -2.42. The van der Waals surface area contributed by atoms with Gasteiger partial charge >= 0.3 is 12.1 Å². The van der Waals surface area contributed by atoms with Gasteiger partial charge in [0.15, 0.2) is 11.5 Å². The number of ether oxygens (including phenoxy) is 3. The van der Waals surface area contributed by atoms with E-state index in [0.717, 1.165) is 68.7 Å². The molecule has 1 saturated heterocycles. The number of fused-ring (bicyclic) bond motifs is 1. The Labute approximate surface area is 202 Å². The first-order valence-corrected chi connectivity index (χ1v) is 12.1. The molecular formula is C26H38N2O6. The Morgan fingerprint density at radius 2 is 1.79 bits per heavy atom. The highest BCUT2D eigenvalue weighted by atomic mass is 16.6. The van der Waals surface area contributed by atoms with E-state index in [4.69, 9.17) is 19.3 Å². The van der Waals surface area contributed by atoms with E-state index >= 15 is 0 Å². The highest BCUT2D eigenvalue weighted by Crippen LogP contribution is 2.49. The number of nitrogens with zero attached hydrogens (tertiary/aromatic N) is 1. The Kier molecular flexibility index (Phi) is 8.83. The fourth-order valence-electron chi connectivity index (χ4n) is 5.46. The van der Waals surface area contributed by atoms with Gasteiger partial charge in [0.2, 0.25) is 0 Å². The van der Waals surface area contributed by atoms with Crippen LogP contribution in [0.25, 0.3) is 0 Å². The number of nitrogens with one attached hydrogen (secondary N) is 1. The van der Waals surface area contributed by atoms with Crippen LogP contribution in [0.3, 0.4) is 0 Å². The summed E-state index contributed by atoms with van der Waals surface area (Å²) in [5.41, 5.74) is 1.25. The average Bonchev–Trinajstić information content (AvgIpc) is 3.21. The third kappa shape index (κ3) is 5.66. The van der Waals surface area contributed by atoms with Crippen molar-refractivity contribution in [2.24, 2.45) is 5.92 Å². The van der Waals surface area contributed by atoms with Crippen molar-refractivity contribution < 1.29 is 28.9 Å². The second-order valence-electron chi connectivity index (χ2n) is 9.35. The fraction of sp³-hybridized carbons (Fsp3) is 0.615. The van der Waals surface area contributed by atoms with Crippen molar-refractivity contribution in [3.05, 3.63) is 35.6 Å². The third-order valence-corrected chi connectivity index (χ3v) is 7.45. The number of rotatable bonds is 5. The van der Waals surface area contributed by atoms with Crippen LogP contribution in [0, 0.1) is 5.92 Å². The molecule has 1 unspecified atom stereocenters. The van der Waals surface area contributed by atoms with Gasteiger partial charge in [0, 0.05) is 24.9 Å². The number of alkyl carbamates (subject to hydrolysis) is 1. The van der Waals surface area contributed by atoms with Gasteiger partial charge in [0.05, 0.1) is 20.1 Å². The van der Waals surface area contributed by atoms with E-state index < -0.39 is 12.1 Å². The summed E-state index contributed by atoms with van der Waals surface area (Å²) in [6.45, 7) is 1.00. The van der Waals surface area contributed by atoms with Gasteiger partial charge in [-0.2, -0.15) is 0 Å². The Bertz CT molecular complexity index is 895. The topological polar surface area (TPSA) is 97.3 Å². The van der Waals surface area contributed by atoms with E-state index in [2.05, 4.69) is 35.5 Å². The molecule has 1 heterocycles. The van der Waals surface area contributed by atoms with Crippen molar-refractivity contribution >= 4 is 12.1 Å². The smallest absolute Gasteiger partial charge is 0.412 e. The Balaban J connectivity index is 0.000000302. The molecule has 1 aromatic carbocycles. The van der Waals surface area contributed by atoms with Gasteiger partial charge < -0.3 is 24.6 Å². The summed E-state index contributed by atoms with van der Waals surface area (Å²) in [5, 5.41) is 11.0. The van der Waals surface area contributed by atoms with E-state index in [1.54, 1.807) is 21.3 Å². The minimum absolute atomic E-state index is 0.00382. The van der Waals surface area contributed by atoms with Gasteiger partial charge in [0.1, 0.15) is 5.76 Å². The summed E-state index contributed by atoms with van der Waals surface area (Å²) in [5.74, 6) is 1.60. The van der Waals surface area contributed by atoms with Crippen molar-refractivity contribution in [3.8, 4) is 11.5 Å². The van der Waals surface area contributed by atoms with E-state index in [1.807, 2.05) is 6.07 Å². The molecule has 8 heteroatoms. The van der Waals surface area contributed by atoms with Gasteiger partial charge in [-0.15, -0.1) is 0 Å². The van der Waals surface area contributed by atoms with Crippen molar-refractivity contribution in [1.82, 2.24) is 10.2 Å². The van der Waals surface area contributed by atoms with Gasteiger partial charge in [-0.3, -0.25) is 9.69 Å². The number of aliphatic carboxylic acids is 1. The molecule has 2 fully saturated rings. The normalized spacial score (nSPS) is 24.7. The van der Waals surface area contributed by atoms with E-state index in [-0.39, 0.29) is 17.4 Å². The zero-order chi connectivity index (χ0) is 24.7. The predicted molar refractivity (Wildman–Crippen MR) is 129 cm³/mol. The van der Waals surface area contributed by atoms with Crippen molar-refractivity contribution in [1.29, 1.82) is 0 Å². The lowest BCUT2D eigenvalue weighted by Gasteiger charge is -2.40. The van der Waals surface area contributed by atoms with E-state index in [0.29, 0.717) is 0 Å². The standard InChI is InChI=1S/C19H26N2O4.C7H12O2/c1-20-18(22)25-14-7-8-19(9-10-21(2)17(19)12-14)13-5-6-15(23-3)16(11-13)24-4;8-7(9)6-4-2-1-3-5-6/h5-6,11-12,17H,7-10H2,1-4H3,(H,20,22);6H,1-5H2,(H,8,9)/t17?,19-;/m0./s1. The predicted octanol–water partition coefficient (Wildman–Crippen LogP) is 4.33. The number of allylic oxidation sites excluding steroid dienone is 1. The van der Waals surface area contributed by atoms with Gasteiger partial charge in [-0.25, -0.2) is 4.79 Å². The van der Waals surface area contributed by atoms with Crippen LogP contribution in [-0.2, 0) is 14.9 Å². The monoisotopic (exact) mass is 474 g/mol. The number of amides is 1. The number of hydrogen-bond donors (Lipinski definition) is 2. The molecular weight excluding hydrogens is 436 g/mol. The number of benzene rings is 1. The van der Waals surface area contributed by atoms with Crippen LogP contribution in [-0.4, -0.2) is 63.0 Å². The maximum absolute atomic E-state index is 11.5. The maximum Gasteiger partial charge on any atom is 0.412 e. The molecule has 2 N–H and O–H groups in total. The zero-order valence-electron chi connectivity index (χ0n) is 20.8. The first kappa shape index (κ1) is 25.9. The van der Waals surface area contributed by atoms with Crippen LogP contribution in [0.2, 0.25) is 0 Å². The molecule has 0 aromatic heterocycles. The number of likely N-dealkylation sites (tertiary alicyclic amines) is 1. The maximum atomic E-state index is 11.5. The molecule has 1 saturated carbocycles. The molecule has 1 aromatic rings. The van der Waals surface area contributed by atoms with Gasteiger partial charge in [-0.1, -0.05) is 25.3 Å². The number of carbonyl (C=O) groups excluding carboxylic acids is 1. The second-order valence-corrected chi connectivity index (χ2v) is 9.35. The summed E-state index contributed by atoms with van der Waals surface area (Å²) >= 11 is 0. The van der Waals surface area contributed by atoms with E-state index in [9.17, 15) is 9.59 Å². The number of likely N-dealkylation sites (N-methyl/N-ethyl adjacent to an activating group) is 1. The summed E-state index contributed by atoms with van der Waals surface area (Å²) in [6, 6.07) is 6.38. The van der Waals surface area contributed by atoms with Gasteiger partial charge in [-0.05, 0) is 63.0 Å². The highest BCUT2D eigenvalue weighted by Gasteiger charge is 2.48. The number of carboxylic acid groups (broad SMARTS) is 1. The molecule has 34 heavy (non-hydrogen) atoms. The number of methoxy groups -OCH3 is 2. The Hall–Kier alpha value is -2.74. The van der Waals surface area contributed by atoms with Crippen LogP contribution in [0.15, 0.2) is 30.0 Å². The molecule has 1 aliphatic heterocycles. The van der Waals surface area contributed by atoms with Gasteiger partial charge in [0.25, 0.3) is 0 Å². The SMILES string of the molecule is CNC(=O)OC1=CC2N(C)CC[C@]2(c2ccc(OC)c(OC)c2)CC1.O=C(O)C1CCCCC1. The van der Waals surface area contributed by atoms with Crippen LogP contribution < -0.4 is 14.8 Å². The number of carboxylic acids is 1. The summed E-state index contributed by atoms with van der Waals surface area (Å²) in [4.78, 5) is 24.2. The van der Waals surface area contributed by atoms with Crippen molar-refractivity contribution in [2.45, 2.75) is 62.8 Å². The molecule has 2 aliphatic carbocycles. The second kappa shape index (κ2) is 11.6. The molecule has 8 nitrogen and oxygen atoms in total. The van der Waals surface area contributed by atoms with Crippen LogP contribution in [0.1, 0.15) is 56.9 Å². The quantitative estimate of drug-likeness (QED) is 0.655. The largest absolute Gasteiger partial charge is 0.493 e. The minimum Gasteiger partial charge on any atom is -0.493 e. The third-order valence-electron chi connectivity index (χ3n) is 7.45. The average molecular weight is 475 g/mol. The fourth-order valence-corrected chi connectivity index (χ4v) is 5.46. The first-order chi connectivity index (χ1) is 16.3. The van der Waals surface area contributed by atoms with Crippen molar-refractivity contribution in [2.75, 3.05) is 34.9 Å². The van der Waals surface area contributed by atoms with Crippen LogP contribution >= 0.6 is 0 Å². The van der Waals surface area contributed by atoms with Crippen LogP contribution in [0.4, 0.5) is 4.79 Å². The number of carbonyl (C=O) groups is 2. The summed E-state index contributed by atoms with van der Waals surface area (Å²) in [6.07, 6.45) is 9.66. The minimum atomic E-state index is -0.602. The lowest BCUT2D eigenvalue weighted by molar-refractivity contribution is -0.142. The van der Waals surface area contributed by atoms with Crippen LogP contribution in [0.5, 0.6) is 11.5 Å². The molecule has 4 rings (SSSR count). The van der Waals surface area contributed by atoms with Crippen molar-refractivity contribution in [3.63, 3.8) is 0 Å². The first-order valence-electron chi connectivity index (χ1n) is 12.1. The highest BCUT2D eigenvalue weighted by molar-refractivity contribution is 5.70. The molecule has 1 amide bonds. The molecule has 188 valence electrons. The molecule has 2 atom stereocenters. The zero-order valence-corrected chi connectivity index (χ0v) is 20.8. The lowest BCUT2D eigenvalue weighted by atomic mass is 9.68. The molecule has 0 radical (unpaired) electrons.